The van der Waals surface area contributed by atoms with Gasteiger partial charge in [0.2, 0.25) is 5.82 Å². The molecule has 5 rings (SSSR count). The van der Waals surface area contributed by atoms with E-state index in [0.29, 0.717) is 31.6 Å². The molecule has 0 unspecified atom stereocenters. The number of likely N-dealkylation sites (tertiary alicyclic amines) is 1. The smallest absolute Gasteiger partial charge is 0.286 e. The number of aromatic amines is 1. The van der Waals surface area contributed by atoms with Gasteiger partial charge in [0.25, 0.3) is 11.5 Å². The number of aromatic nitrogens is 3. The van der Waals surface area contributed by atoms with E-state index in [1.54, 1.807) is 47.1 Å². The number of nitrogens with one attached hydrogen (secondary N) is 2. The van der Waals surface area contributed by atoms with Gasteiger partial charge in [-0.25, -0.2) is 4.39 Å². The van der Waals surface area contributed by atoms with Gasteiger partial charge in [0.05, 0.1) is 23.0 Å². The van der Waals surface area contributed by atoms with Gasteiger partial charge in [0, 0.05) is 37.4 Å². The fourth-order valence-corrected chi connectivity index (χ4v) is 4.48. The quantitative estimate of drug-likeness (QED) is 0.473. The molecule has 0 bridgehead atoms. The van der Waals surface area contributed by atoms with E-state index in [1.807, 2.05) is 6.07 Å². The predicted molar refractivity (Wildman–Crippen MR) is 125 cm³/mol. The number of halogens is 2. The average molecular weight is 463 g/mol. The summed E-state index contributed by atoms with van der Waals surface area (Å²) < 4.78 is 29.8. The van der Waals surface area contributed by atoms with Crippen LogP contribution in [0.2, 0.25) is 0 Å². The fraction of sp³-hybridized carbons (Fsp3) is 0.240. The van der Waals surface area contributed by atoms with E-state index in [0.717, 1.165) is 16.5 Å². The summed E-state index contributed by atoms with van der Waals surface area (Å²) in [6.07, 6.45) is 4.40. The third-order valence-electron chi connectivity index (χ3n) is 6.41. The molecule has 174 valence electrons. The summed E-state index contributed by atoms with van der Waals surface area (Å²) in [5.41, 5.74) is 1.39. The molecule has 0 atom stereocenters. The lowest BCUT2D eigenvalue weighted by Crippen LogP contribution is -2.38. The number of hydrogen-bond donors (Lipinski definition) is 2. The van der Waals surface area contributed by atoms with Gasteiger partial charge in [0.1, 0.15) is 5.82 Å². The Balaban J connectivity index is 1.38. The highest BCUT2D eigenvalue weighted by atomic mass is 19.1. The molecular formula is C25H23F2N5O2. The minimum absolute atomic E-state index is 0.0578. The summed E-state index contributed by atoms with van der Waals surface area (Å²) in [5, 5.41) is 8.04. The number of nitrogens with zero attached hydrogens (tertiary/aromatic N) is 3. The SMILES string of the molecule is Cn1ncc2ccc(Nc3c(C(=O)N4CCC(c5ccc(F)cc5)CC4)c[nH]c(=O)c3F)cc21. The number of pyridine rings is 1. The number of benzene rings is 2. The van der Waals surface area contributed by atoms with Crippen LogP contribution in [0.25, 0.3) is 10.9 Å². The molecule has 34 heavy (non-hydrogen) atoms. The molecule has 1 aliphatic heterocycles. The molecule has 1 saturated heterocycles. The molecule has 2 N–H and O–H groups in total. The average Bonchev–Trinajstić information content (AvgIpc) is 3.22. The normalized spacial score (nSPS) is 14.5. The van der Waals surface area contributed by atoms with E-state index in [2.05, 4.69) is 15.4 Å². The monoisotopic (exact) mass is 463 g/mol. The molecule has 1 aliphatic rings. The van der Waals surface area contributed by atoms with Crippen molar-refractivity contribution in [3.05, 3.63) is 88.0 Å². The molecule has 7 nitrogen and oxygen atoms in total. The first kappa shape index (κ1) is 21.8. The van der Waals surface area contributed by atoms with Crippen LogP contribution in [0.4, 0.5) is 20.2 Å². The lowest BCUT2D eigenvalue weighted by molar-refractivity contribution is 0.0713. The van der Waals surface area contributed by atoms with Crippen molar-refractivity contribution in [2.75, 3.05) is 18.4 Å². The minimum atomic E-state index is -1.04. The van der Waals surface area contributed by atoms with Crippen LogP contribution in [0.3, 0.4) is 0 Å². The van der Waals surface area contributed by atoms with Crippen LogP contribution >= 0.6 is 0 Å². The number of carbonyl (C=O) groups is 1. The Morgan fingerprint density at radius 1 is 1.12 bits per heavy atom. The Morgan fingerprint density at radius 2 is 1.85 bits per heavy atom. The molecule has 0 aliphatic carbocycles. The summed E-state index contributed by atoms with van der Waals surface area (Å²) in [6.45, 7) is 0.948. The molecule has 0 spiro atoms. The first-order valence-corrected chi connectivity index (χ1v) is 11.1. The zero-order chi connectivity index (χ0) is 23.8. The largest absolute Gasteiger partial charge is 0.352 e. The number of anilines is 2. The maximum Gasteiger partial charge on any atom is 0.286 e. The molecule has 2 aromatic carbocycles. The van der Waals surface area contributed by atoms with Crippen LogP contribution < -0.4 is 10.9 Å². The van der Waals surface area contributed by atoms with Crippen LogP contribution in [0.5, 0.6) is 0 Å². The topological polar surface area (TPSA) is 83.0 Å². The van der Waals surface area contributed by atoms with Crippen molar-refractivity contribution in [3.8, 4) is 0 Å². The van der Waals surface area contributed by atoms with Gasteiger partial charge in [-0.05, 0) is 54.7 Å². The number of aryl methyl sites for hydroxylation is 1. The summed E-state index contributed by atoms with van der Waals surface area (Å²) in [4.78, 5) is 29.3. The summed E-state index contributed by atoms with van der Waals surface area (Å²) >= 11 is 0. The number of amides is 1. The van der Waals surface area contributed by atoms with E-state index >= 15 is 0 Å². The van der Waals surface area contributed by atoms with Crippen LogP contribution in [0.1, 0.15) is 34.7 Å². The third kappa shape index (κ3) is 4.05. The van der Waals surface area contributed by atoms with Crippen molar-refractivity contribution in [2.45, 2.75) is 18.8 Å². The number of piperidine rings is 1. The van der Waals surface area contributed by atoms with Gasteiger partial charge in [0.15, 0.2) is 0 Å². The Morgan fingerprint density at radius 3 is 2.59 bits per heavy atom. The first-order valence-electron chi connectivity index (χ1n) is 11.1. The molecule has 4 aromatic rings. The van der Waals surface area contributed by atoms with Crippen LogP contribution in [-0.4, -0.2) is 38.7 Å². The summed E-state index contributed by atoms with van der Waals surface area (Å²) in [5.74, 6) is -1.46. The van der Waals surface area contributed by atoms with Crippen LogP contribution in [0.15, 0.2) is 59.7 Å². The van der Waals surface area contributed by atoms with Crippen molar-refractivity contribution < 1.29 is 13.6 Å². The van der Waals surface area contributed by atoms with E-state index < -0.39 is 11.4 Å². The van der Waals surface area contributed by atoms with Crippen molar-refractivity contribution >= 4 is 28.2 Å². The molecule has 0 saturated carbocycles. The lowest BCUT2D eigenvalue weighted by atomic mass is 9.89. The maximum absolute atomic E-state index is 14.9. The highest BCUT2D eigenvalue weighted by Gasteiger charge is 2.28. The molecular weight excluding hydrogens is 440 g/mol. The van der Waals surface area contributed by atoms with Gasteiger partial charge in [-0.3, -0.25) is 14.3 Å². The summed E-state index contributed by atoms with van der Waals surface area (Å²) in [7, 11) is 1.80. The zero-order valence-electron chi connectivity index (χ0n) is 18.5. The number of hydrogen-bond acceptors (Lipinski definition) is 4. The van der Waals surface area contributed by atoms with Crippen LogP contribution in [-0.2, 0) is 7.05 Å². The molecule has 9 heteroatoms. The van der Waals surface area contributed by atoms with Crippen molar-refractivity contribution in [3.63, 3.8) is 0 Å². The highest BCUT2D eigenvalue weighted by Crippen LogP contribution is 2.31. The molecule has 2 aromatic heterocycles. The van der Waals surface area contributed by atoms with Crippen molar-refractivity contribution in [2.24, 2.45) is 7.05 Å². The maximum atomic E-state index is 14.9. The second-order valence-corrected chi connectivity index (χ2v) is 8.51. The van der Waals surface area contributed by atoms with Crippen molar-refractivity contribution in [1.29, 1.82) is 0 Å². The molecule has 0 radical (unpaired) electrons. The minimum Gasteiger partial charge on any atom is -0.352 e. The van der Waals surface area contributed by atoms with E-state index in [9.17, 15) is 18.4 Å². The van der Waals surface area contributed by atoms with Crippen molar-refractivity contribution in [1.82, 2.24) is 19.7 Å². The number of fused-ring (bicyclic) bond motifs is 1. The van der Waals surface area contributed by atoms with Gasteiger partial charge < -0.3 is 15.2 Å². The Hall–Kier alpha value is -4.01. The Bertz CT molecular complexity index is 1420. The summed E-state index contributed by atoms with van der Waals surface area (Å²) in [6, 6.07) is 11.8. The molecule has 1 fully saturated rings. The molecule has 1 amide bonds. The number of rotatable bonds is 4. The second kappa shape index (κ2) is 8.74. The number of H-pyrrole nitrogens is 1. The van der Waals surface area contributed by atoms with Gasteiger partial charge in [-0.15, -0.1) is 0 Å². The van der Waals surface area contributed by atoms with Gasteiger partial charge in [-0.1, -0.05) is 12.1 Å². The van der Waals surface area contributed by atoms with E-state index in [4.69, 9.17) is 0 Å². The number of carbonyl (C=O) groups excluding carboxylic acids is 1. The fourth-order valence-electron chi connectivity index (χ4n) is 4.48. The molecule has 3 heterocycles. The predicted octanol–water partition coefficient (Wildman–Crippen LogP) is 4.30. The standard InChI is InChI=1S/C25H23F2N5O2/c1-31-21-12-19(7-4-17(21)13-29-31)30-23-20(14-28-24(33)22(23)27)25(34)32-10-8-16(9-11-32)15-2-5-18(26)6-3-15/h2-7,12-14,16H,8-11H2,1H3,(H2,28,30,33). The first-order chi connectivity index (χ1) is 16.4. The Kier molecular flexibility index (Phi) is 5.61. The van der Waals surface area contributed by atoms with Gasteiger partial charge in [-0.2, -0.15) is 9.49 Å². The van der Waals surface area contributed by atoms with E-state index in [-0.39, 0.29) is 28.9 Å². The van der Waals surface area contributed by atoms with Gasteiger partial charge >= 0.3 is 0 Å². The zero-order valence-corrected chi connectivity index (χ0v) is 18.5. The highest BCUT2D eigenvalue weighted by molar-refractivity contribution is 6.00. The second-order valence-electron chi connectivity index (χ2n) is 8.51. The van der Waals surface area contributed by atoms with Crippen LogP contribution in [0, 0.1) is 11.6 Å². The van der Waals surface area contributed by atoms with E-state index in [1.165, 1.54) is 18.3 Å². The third-order valence-corrected chi connectivity index (χ3v) is 6.41. The Labute approximate surface area is 194 Å². The lowest BCUT2D eigenvalue weighted by Gasteiger charge is -2.32.